The van der Waals surface area contributed by atoms with Crippen molar-refractivity contribution in [3.05, 3.63) is 11.0 Å². The number of fused-ring (bicyclic) bond motifs is 1. The fourth-order valence-corrected chi connectivity index (χ4v) is 3.70. The maximum absolute atomic E-state index is 14.5. The van der Waals surface area contributed by atoms with Crippen molar-refractivity contribution < 1.29 is 18.4 Å². The summed E-state index contributed by atoms with van der Waals surface area (Å²) in [4.78, 5) is 14.4. The van der Waals surface area contributed by atoms with E-state index in [0.717, 1.165) is 6.42 Å². The van der Waals surface area contributed by atoms with E-state index in [0.29, 0.717) is 24.4 Å². The van der Waals surface area contributed by atoms with Crippen LogP contribution >= 0.6 is 11.6 Å². The highest BCUT2D eigenvalue weighted by molar-refractivity contribution is 7.90. The first-order valence-corrected chi connectivity index (χ1v) is 9.28. The van der Waals surface area contributed by atoms with E-state index in [-0.39, 0.29) is 33.9 Å². The second-order valence-electron chi connectivity index (χ2n) is 5.73. The highest BCUT2D eigenvalue weighted by atomic mass is 35.5. The number of ether oxygens (including phenoxy) is 2. The summed E-state index contributed by atoms with van der Waals surface area (Å²) in [6.07, 6.45) is 1.88. The zero-order valence-corrected chi connectivity index (χ0v) is 14.5. The molecule has 0 N–H and O–H groups in total. The van der Waals surface area contributed by atoms with E-state index < -0.39 is 17.0 Å². The van der Waals surface area contributed by atoms with E-state index in [1.54, 1.807) is 0 Å². The number of hydrogen-bond acceptors (Lipinski definition) is 7. The number of pyridine rings is 1. The van der Waals surface area contributed by atoms with E-state index >= 15 is 0 Å². The third-order valence-electron chi connectivity index (χ3n) is 4.29. The van der Waals surface area contributed by atoms with Crippen molar-refractivity contribution in [1.29, 1.82) is 0 Å². The summed E-state index contributed by atoms with van der Waals surface area (Å²) in [5, 5.41) is 0.0396. The first-order chi connectivity index (χ1) is 11.5. The standard InChI is InChI=1S/C14H14ClFN4O3S/c1-20-6-3-4-22-5-7(6)23-13-8-10(9(16)11(15)18-13)17-14(24(2)21)19-12(8)20/h6-7H,3-5H2,1-2H3/t6-,7-,24?/m0/s1. The van der Waals surface area contributed by atoms with E-state index in [1.807, 2.05) is 11.9 Å². The number of rotatable bonds is 1. The molecule has 0 radical (unpaired) electrons. The van der Waals surface area contributed by atoms with Crippen molar-refractivity contribution in [2.45, 2.75) is 23.7 Å². The van der Waals surface area contributed by atoms with E-state index in [1.165, 1.54) is 6.26 Å². The molecule has 2 aromatic rings. The molecule has 0 aliphatic carbocycles. The molecule has 2 aliphatic rings. The van der Waals surface area contributed by atoms with Gasteiger partial charge in [0.25, 0.3) is 0 Å². The van der Waals surface area contributed by atoms with Gasteiger partial charge in [0, 0.05) is 24.8 Å². The Labute approximate surface area is 145 Å². The van der Waals surface area contributed by atoms with Crippen molar-refractivity contribution in [2.75, 3.05) is 31.4 Å². The molecule has 0 amide bonds. The fraction of sp³-hybridized carbons (Fsp3) is 0.500. The molecule has 128 valence electrons. The van der Waals surface area contributed by atoms with Crippen molar-refractivity contribution in [3.63, 3.8) is 0 Å². The fourth-order valence-electron chi connectivity index (χ4n) is 3.10. The van der Waals surface area contributed by atoms with Crippen LogP contribution in [0.25, 0.3) is 10.9 Å². The summed E-state index contributed by atoms with van der Waals surface area (Å²) in [7, 11) is 1.85. The molecule has 0 spiro atoms. The van der Waals surface area contributed by atoms with Crippen LogP contribution in [0.2, 0.25) is 5.15 Å². The van der Waals surface area contributed by atoms with Gasteiger partial charge >= 0.3 is 5.16 Å². The van der Waals surface area contributed by atoms with Crippen LogP contribution in [-0.2, 0) is 15.9 Å². The van der Waals surface area contributed by atoms with Crippen LogP contribution in [0.4, 0.5) is 10.2 Å². The van der Waals surface area contributed by atoms with E-state index in [9.17, 15) is 8.94 Å². The summed E-state index contributed by atoms with van der Waals surface area (Å²) in [6, 6.07) is -0.0222. The van der Waals surface area contributed by atoms with Gasteiger partial charge in [-0.3, -0.25) is 0 Å². The topological polar surface area (TPSA) is 83.4 Å². The molecule has 4 heterocycles. The molecular formula is C14H14ClFN4O3S. The molecule has 0 bridgehead atoms. The van der Waals surface area contributed by atoms with Gasteiger partial charge in [0.2, 0.25) is 5.88 Å². The molecule has 10 heteroatoms. The third kappa shape index (κ3) is 2.38. The first-order valence-electron chi connectivity index (χ1n) is 7.34. The Hall–Kier alpha value is -1.42. The molecule has 7 nitrogen and oxygen atoms in total. The van der Waals surface area contributed by atoms with Gasteiger partial charge in [0.05, 0.1) is 12.6 Å². The summed E-state index contributed by atoms with van der Waals surface area (Å²) < 4.78 is 37.8. The molecule has 4 rings (SSSR count). The predicted octanol–water partition coefficient (Wildman–Crippen LogP) is 1.54. The summed E-state index contributed by atoms with van der Waals surface area (Å²) in [5.41, 5.74) is -0.0355. The van der Waals surface area contributed by atoms with Crippen LogP contribution in [-0.4, -0.2) is 58.2 Å². The van der Waals surface area contributed by atoms with Crippen LogP contribution in [0.1, 0.15) is 6.42 Å². The zero-order chi connectivity index (χ0) is 17.0. The van der Waals surface area contributed by atoms with Crippen LogP contribution in [0.15, 0.2) is 5.16 Å². The van der Waals surface area contributed by atoms with Crippen LogP contribution in [0.5, 0.6) is 5.88 Å². The summed E-state index contributed by atoms with van der Waals surface area (Å²) in [5.74, 6) is -0.161. The lowest BCUT2D eigenvalue weighted by atomic mass is 10.0. The molecule has 24 heavy (non-hydrogen) atoms. The third-order valence-corrected chi connectivity index (χ3v) is 5.24. The van der Waals surface area contributed by atoms with E-state index in [4.69, 9.17) is 21.1 Å². The number of hydrogen-bond donors (Lipinski definition) is 0. The highest BCUT2D eigenvalue weighted by Crippen LogP contribution is 2.40. The maximum Gasteiger partial charge on any atom is 0.345 e. The summed E-state index contributed by atoms with van der Waals surface area (Å²) >= 11 is 4.43. The van der Waals surface area contributed by atoms with Gasteiger partial charge in [-0.25, -0.2) is 4.39 Å². The second kappa shape index (κ2) is 5.83. The monoisotopic (exact) mass is 372 g/mol. The van der Waals surface area contributed by atoms with Gasteiger partial charge in [-0.2, -0.15) is 15.0 Å². The molecule has 3 atom stereocenters. The normalized spacial score (nSPS) is 24.3. The number of nitrogens with zero attached hydrogens (tertiary/aromatic N) is 4. The van der Waals surface area contributed by atoms with Crippen molar-refractivity contribution in [1.82, 2.24) is 15.0 Å². The Kier molecular flexibility index (Phi) is 3.91. The Balaban J connectivity index is 2.03. The Morgan fingerprint density at radius 2 is 2.17 bits per heavy atom. The quantitative estimate of drug-likeness (QED) is 0.426. The van der Waals surface area contributed by atoms with Gasteiger partial charge in [-0.1, -0.05) is 11.6 Å². The largest absolute Gasteiger partial charge is 0.609 e. The lowest BCUT2D eigenvalue weighted by molar-refractivity contribution is -0.00631. The van der Waals surface area contributed by atoms with Crippen LogP contribution in [0.3, 0.4) is 0 Å². The number of likely N-dealkylation sites (N-methyl/N-ethyl adjacent to an activating group) is 1. The Morgan fingerprint density at radius 1 is 1.38 bits per heavy atom. The minimum atomic E-state index is -1.47. The lowest BCUT2D eigenvalue weighted by Gasteiger charge is -2.35. The van der Waals surface area contributed by atoms with Gasteiger partial charge in [0.15, 0.2) is 16.8 Å². The molecule has 1 saturated heterocycles. The average molecular weight is 373 g/mol. The van der Waals surface area contributed by atoms with Crippen molar-refractivity contribution in [2.24, 2.45) is 0 Å². The predicted molar refractivity (Wildman–Crippen MR) is 86.7 cm³/mol. The molecule has 2 aromatic heterocycles. The molecular weight excluding hydrogens is 359 g/mol. The van der Waals surface area contributed by atoms with Gasteiger partial charge < -0.3 is 18.9 Å². The van der Waals surface area contributed by atoms with E-state index in [2.05, 4.69) is 15.0 Å². The summed E-state index contributed by atoms with van der Waals surface area (Å²) in [6.45, 7) is 0.982. The van der Waals surface area contributed by atoms with Crippen LogP contribution in [0, 0.1) is 5.82 Å². The smallest absolute Gasteiger partial charge is 0.345 e. The van der Waals surface area contributed by atoms with Crippen molar-refractivity contribution in [3.8, 4) is 5.88 Å². The minimum Gasteiger partial charge on any atom is -0.609 e. The van der Waals surface area contributed by atoms with Crippen LogP contribution < -0.4 is 9.64 Å². The first kappa shape index (κ1) is 16.1. The maximum atomic E-state index is 14.5. The second-order valence-corrected chi connectivity index (χ2v) is 7.36. The average Bonchev–Trinajstić information content (AvgIpc) is 2.68. The molecule has 1 unspecified atom stereocenters. The number of halogens is 2. The van der Waals surface area contributed by atoms with Gasteiger partial charge in [0.1, 0.15) is 23.3 Å². The SMILES string of the molecule is CN1c2nc([S+](C)[O-])nc3c(F)c(Cl)nc(c23)O[C@H]2COCC[C@@H]21. The van der Waals surface area contributed by atoms with Gasteiger partial charge in [-0.05, 0) is 6.42 Å². The Morgan fingerprint density at radius 3 is 2.92 bits per heavy atom. The molecule has 0 aromatic carbocycles. The van der Waals surface area contributed by atoms with Crippen molar-refractivity contribution >= 4 is 39.5 Å². The minimum absolute atomic E-state index is 0.0222. The molecule has 2 aliphatic heterocycles. The molecule has 1 fully saturated rings. The van der Waals surface area contributed by atoms with Gasteiger partial charge in [-0.15, -0.1) is 0 Å². The molecule has 0 saturated carbocycles. The zero-order valence-electron chi connectivity index (χ0n) is 13.0. The number of anilines is 1. The Bertz CT molecular complexity index is 824. The number of aromatic nitrogens is 3. The lowest BCUT2D eigenvalue weighted by Crippen LogP contribution is -2.49. The highest BCUT2D eigenvalue weighted by Gasteiger charge is 2.38.